The maximum atomic E-state index is 11.1. The molecular weight excluding hydrogens is 430 g/mol. The van der Waals surface area contributed by atoms with Crippen molar-refractivity contribution in [3.8, 4) is 11.3 Å². The lowest BCUT2D eigenvalue weighted by atomic mass is 10.0. The van der Waals surface area contributed by atoms with E-state index in [4.69, 9.17) is 15.9 Å². The molecular formula is C23H20BrN3O2. The minimum absolute atomic E-state index is 0. The zero-order valence-electron chi connectivity index (χ0n) is 15.8. The van der Waals surface area contributed by atoms with Crippen molar-refractivity contribution in [3.05, 3.63) is 89.5 Å². The van der Waals surface area contributed by atoms with Gasteiger partial charge < -0.3 is 22.1 Å². The average molecular weight is 450 g/mol. The summed E-state index contributed by atoms with van der Waals surface area (Å²) in [5.41, 5.74) is 10.7. The Morgan fingerprint density at radius 2 is 1.59 bits per heavy atom. The topological polar surface area (TPSA) is 80.1 Å². The summed E-state index contributed by atoms with van der Waals surface area (Å²) in [5, 5.41) is 15.8. The van der Waals surface area contributed by atoms with Crippen LogP contribution >= 0.6 is 0 Å². The van der Waals surface area contributed by atoms with E-state index >= 15 is 0 Å². The molecule has 0 fully saturated rings. The van der Waals surface area contributed by atoms with Crippen molar-refractivity contribution < 1.29 is 31.6 Å². The molecule has 3 aromatic carbocycles. The Morgan fingerprint density at radius 1 is 0.966 bits per heavy atom. The largest absolute Gasteiger partial charge is 1.00 e. The number of nitrogen functional groups attached to an aromatic ring is 1. The fourth-order valence-corrected chi connectivity index (χ4v) is 3.25. The van der Waals surface area contributed by atoms with Crippen LogP contribution in [0, 0.1) is 6.92 Å². The maximum Gasteiger partial charge on any atom is 0.335 e. The number of aryl methyl sites for hydroxylation is 1. The van der Waals surface area contributed by atoms with Gasteiger partial charge in [-0.1, -0.05) is 65.3 Å². The van der Waals surface area contributed by atoms with Crippen molar-refractivity contribution in [2.24, 2.45) is 0 Å². The monoisotopic (exact) mass is 449 g/mol. The molecule has 0 bridgehead atoms. The molecule has 3 N–H and O–H groups in total. The van der Waals surface area contributed by atoms with Crippen LogP contribution in [-0.4, -0.2) is 16.2 Å². The summed E-state index contributed by atoms with van der Waals surface area (Å²) < 4.78 is 1.77. The molecule has 0 amide bonds. The highest BCUT2D eigenvalue weighted by Gasteiger charge is 2.18. The molecule has 1 heterocycles. The molecule has 1 aromatic heterocycles. The van der Waals surface area contributed by atoms with E-state index < -0.39 is 5.97 Å². The normalized spacial score (nSPS) is 10.5. The minimum Gasteiger partial charge on any atom is -1.00 e. The van der Waals surface area contributed by atoms with Gasteiger partial charge in [-0.25, -0.2) is 4.79 Å². The molecule has 0 saturated carbocycles. The number of halogens is 1. The molecule has 0 aliphatic rings. The molecule has 0 atom stereocenters. The number of aromatic carboxylic acids is 1. The van der Waals surface area contributed by atoms with Gasteiger partial charge in [0.25, 0.3) is 0 Å². The van der Waals surface area contributed by atoms with Crippen LogP contribution < -0.4 is 27.4 Å². The van der Waals surface area contributed by atoms with Gasteiger partial charge in [-0.2, -0.15) is 0 Å². The van der Waals surface area contributed by atoms with Crippen LogP contribution in [0.2, 0.25) is 0 Å². The number of carboxylic acids is 1. The lowest BCUT2D eigenvalue weighted by Gasteiger charge is -2.10. The number of carbonyl (C=O) groups is 1. The second-order valence-electron chi connectivity index (χ2n) is 6.81. The Morgan fingerprint density at radius 3 is 2.21 bits per heavy atom. The zero-order valence-corrected chi connectivity index (χ0v) is 17.4. The summed E-state index contributed by atoms with van der Waals surface area (Å²) in [7, 11) is 0. The standard InChI is InChI=1S/C23H19N3O2.BrH/c1-15-6-10-17(11-7-15)21-19-4-2-3-5-20(19)22(24)26(25-21)14-16-8-12-18(13-9-16)23(27)28;/h2-13,24H,14H2,1H3,(H,27,28);1H. The predicted octanol–water partition coefficient (Wildman–Crippen LogP) is 0.830. The fourth-order valence-electron chi connectivity index (χ4n) is 3.25. The summed E-state index contributed by atoms with van der Waals surface area (Å²) in [6, 6.07) is 23.0. The number of nitrogens with two attached hydrogens (primary N) is 1. The van der Waals surface area contributed by atoms with E-state index in [0.29, 0.717) is 12.4 Å². The van der Waals surface area contributed by atoms with Crippen molar-refractivity contribution in [3.63, 3.8) is 0 Å². The van der Waals surface area contributed by atoms with E-state index in [9.17, 15) is 4.79 Å². The summed E-state index contributed by atoms with van der Waals surface area (Å²) in [5.74, 6) is -0.363. The van der Waals surface area contributed by atoms with Crippen molar-refractivity contribution in [2.45, 2.75) is 13.5 Å². The summed E-state index contributed by atoms with van der Waals surface area (Å²) >= 11 is 0. The van der Waals surface area contributed by atoms with Crippen molar-refractivity contribution in [1.29, 1.82) is 0 Å². The van der Waals surface area contributed by atoms with Gasteiger partial charge in [0.2, 0.25) is 0 Å². The molecule has 0 saturated heterocycles. The highest BCUT2D eigenvalue weighted by atomic mass is 79.9. The van der Waals surface area contributed by atoms with Gasteiger partial charge in [-0.3, -0.25) is 5.73 Å². The number of nitrogens with zero attached hydrogens (tertiary/aromatic N) is 2. The molecule has 0 radical (unpaired) electrons. The zero-order chi connectivity index (χ0) is 19.7. The number of fused-ring (bicyclic) bond motifs is 1. The molecule has 6 heteroatoms. The minimum atomic E-state index is -0.941. The quantitative estimate of drug-likeness (QED) is 0.452. The number of hydrogen-bond donors (Lipinski definition) is 2. The third-order valence-electron chi connectivity index (χ3n) is 4.82. The lowest BCUT2D eigenvalue weighted by Crippen LogP contribution is -3.00. The number of benzene rings is 3. The molecule has 0 aliphatic carbocycles. The Bertz CT molecular complexity index is 1170. The molecule has 4 rings (SSSR count). The van der Waals surface area contributed by atoms with E-state index in [-0.39, 0.29) is 22.5 Å². The van der Waals surface area contributed by atoms with Crippen LogP contribution in [0.4, 0.5) is 5.82 Å². The summed E-state index contributed by atoms with van der Waals surface area (Å²) in [4.78, 5) is 11.1. The second kappa shape index (κ2) is 8.41. The van der Waals surface area contributed by atoms with Crippen molar-refractivity contribution >= 4 is 22.6 Å². The first-order valence-corrected chi connectivity index (χ1v) is 9.00. The van der Waals surface area contributed by atoms with Gasteiger partial charge in [-0.05, 0) is 30.7 Å². The van der Waals surface area contributed by atoms with Gasteiger partial charge in [0.15, 0.2) is 0 Å². The number of hydrogen-bond acceptors (Lipinski definition) is 3. The smallest absolute Gasteiger partial charge is 0.335 e. The first kappa shape index (κ1) is 20.5. The van der Waals surface area contributed by atoms with Crippen LogP contribution in [0.25, 0.3) is 22.0 Å². The Hall–Kier alpha value is -3.25. The van der Waals surface area contributed by atoms with E-state index in [0.717, 1.165) is 27.6 Å². The Kier molecular flexibility index (Phi) is 5.94. The third-order valence-corrected chi connectivity index (χ3v) is 4.82. The SMILES string of the molecule is Cc1ccc(-c2n[n+](Cc3ccc(C(=O)O)cc3)c(N)c3ccccc23)cc1.[Br-]. The third kappa shape index (κ3) is 4.12. The molecule has 0 spiro atoms. The van der Waals surface area contributed by atoms with E-state index in [1.54, 1.807) is 28.9 Å². The number of aromatic nitrogens is 2. The molecule has 4 aromatic rings. The predicted molar refractivity (Wildman–Crippen MR) is 109 cm³/mol. The van der Waals surface area contributed by atoms with Crippen molar-refractivity contribution in [1.82, 2.24) is 5.10 Å². The van der Waals surface area contributed by atoms with E-state index in [1.807, 2.05) is 24.3 Å². The van der Waals surface area contributed by atoms with E-state index in [2.05, 4.69) is 31.2 Å². The number of carboxylic acid groups (broad SMARTS) is 1. The fraction of sp³-hybridized carbons (Fsp3) is 0.0870. The molecule has 0 aliphatic heterocycles. The molecule has 29 heavy (non-hydrogen) atoms. The second-order valence-corrected chi connectivity index (χ2v) is 6.81. The van der Waals surface area contributed by atoms with Crippen molar-refractivity contribution in [2.75, 3.05) is 5.73 Å². The summed E-state index contributed by atoms with van der Waals surface area (Å²) in [6.07, 6.45) is 0. The number of anilines is 1. The van der Waals surface area contributed by atoms with Crippen LogP contribution in [0.1, 0.15) is 21.5 Å². The van der Waals surface area contributed by atoms with Crippen LogP contribution in [-0.2, 0) is 6.54 Å². The van der Waals surface area contributed by atoms with Gasteiger partial charge in [0.05, 0.1) is 10.9 Å². The Balaban J connectivity index is 0.00000240. The molecule has 146 valence electrons. The van der Waals surface area contributed by atoms with Gasteiger partial charge >= 0.3 is 11.8 Å². The van der Waals surface area contributed by atoms with Gasteiger partial charge in [0.1, 0.15) is 12.2 Å². The lowest BCUT2D eigenvalue weighted by molar-refractivity contribution is -0.730. The average Bonchev–Trinajstić information content (AvgIpc) is 2.71. The Labute approximate surface area is 179 Å². The molecule has 0 unspecified atom stereocenters. The van der Waals surface area contributed by atoms with Crippen LogP contribution in [0.5, 0.6) is 0 Å². The van der Waals surface area contributed by atoms with Gasteiger partial charge in [0, 0.05) is 10.9 Å². The first-order valence-electron chi connectivity index (χ1n) is 9.00. The van der Waals surface area contributed by atoms with E-state index in [1.165, 1.54) is 5.56 Å². The van der Waals surface area contributed by atoms with Crippen LogP contribution in [0.3, 0.4) is 0 Å². The highest BCUT2D eigenvalue weighted by Crippen LogP contribution is 2.28. The maximum absolute atomic E-state index is 11.1. The van der Waals surface area contributed by atoms with Gasteiger partial charge in [-0.15, -0.1) is 4.68 Å². The number of rotatable bonds is 4. The first-order chi connectivity index (χ1) is 13.5. The highest BCUT2D eigenvalue weighted by molar-refractivity contribution is 5.98. The van der Waals surface area contributed by atoms with Crippen LogP contribution in [0.15, 0.2) is 72.8 Å². The molecule has 5 nitrogen and oxygen atoms in total. The summed E-state index contributed by atoms with van der Waals surface area (Å²) in [6.45, 7) is 2.51.